The predicted octanol–water partition coefficient (Wildman–Crippen LogP) is 2.27. The van der Waals surface area contributed by atoms with E-state index in [1.54, 1.807) is 18.0 Å². The van der Waals surface area contributed by atoms with Gasteiger partial charge in [-0.15, -0.1) is 0 Å². The zero-order chi connectivity index (χ0) is 13.8. The summed E-state index contributed by atoms with van der Waals surface area (Å²) in [6.45, 7) is 2.50. The molecule has 1 aromatic rings. The van der Waals surface area contributed by atoms with Crippen molar-refractivity contribution in [1.82, 2.24) is 5.32 Å². The van der Waals surface area contributed by atoms with Crippen molar-refractivity contribution in [2.45, 2.75) is 12.8 Å². The van der Waals surface area contributed by atoms with Gasteiger partial charge in [-0.1, -0.05) is 0 Å². The number of halogens is 2. The third-order valence-corrected chi connectivity index (χ3v) is 3.46. The van der Waals surface area contributed by atoms with E-state index in [0.717, 1.165) is 38.1 Å². The van der Waals surface area contributed by atoms with E-state index in [1.165, 1.54) is 0 Å². The van der Waals surface area contributed by atoms with Crippen LogP contribution in [0.3, 0.4) is 0 Å². The van der Waals surface area contributed by atoms with E-state index in [-0.39, 0.29) is 11.3 Å². The van der Waals surface area contributed by atoms with Gasteiger partial charge >= 0.3 is 0 Å². The molecule has 0 radical (unpaired) electrons. The smallest absolute Gasteiger partial charge is 0.150 e. The molecular formula is C14H17F2N3. The Kier molecular flexibility index (Phi) is 4.33. The second-order valence-electron chi connectivity index (χ2n) is 4.99. The number of nitrogens with zero attached hydrogens (tertiary/aromatic N) is 2. The fourth-order valence-corrected chi connectivity index (χ4v) is 2.55. The van der Waals surface area contributed by atoms with Crippen LogP contribution in [0.1, 0.15) is 18.4 Å². The Balaban J connectivity index is 2.14. The average molecular weight is 265 g/mol. The molecule has 3 nitrogen and oxygen atoms in total. The Labute approximate surface area is 111 Å². The van der Waals surface area contributed by atoms with Gasteiger partial charge in [-0.3, -0.25) is 0 Å². The Morgan fingerprint density at radius 1 is 1.42 bits per heavy atom. The van der Waals surface area contributed by atoms with E-state index in [1.807, 2.05) is 0 Å². The minimum atomic E-state index is -0.678. The van der Waals surface area contributed by atoms with Crippen LogP contribution in [-0.2, 0) is 0 Å². The van der Waals surface area contributed by atoms with E-state index in [2.05, 4.69) is 5.32 Å². The fraction of sp³-hybridized carbons (Fsp3) is 0.500. The molecule has 5 heteroatoms. The minimum absolute atomic E-state index is 0.00600. The number of benzene rings is 1. The summed E-state index contributed by atoms with van der Waals surface area (Å²) in [6.07, 6.45) is 2.16. The summed E-state index contributed by atoms with van der Waals surface area (Å²) in [7, 11) is 1.68. The van der Waals surface area contributed by atoms with Crippen LogP contribution in [0.25, 0.3) is 0 Å². The highest BCUT2D eigenvalue weighted by molar-refractivity contribution is 5.52. The molecule has 0 amide bonds. The first-order valence-electron chi connectivity index (χ1n) is 6.43. The van der Waals surface area contributed by atoms with Crippen LogP contribution >= 0.6 is 0 Å². The molecule has 0 aliphatic carbocycles. The normalized spacial score (nSPS) is 18.9. The van der Waals surface area contributed by atoms with Crippen molar-refractivity contribution in [2.75, 3.05) is 31.6 Å². The SMILES string of the molecule is CN(CC1CCCNC1)c1c(F)cc(C#N)cc1F. The third kappa shape index (κ3) is 3.21. The maximum absolute atomic E-state index is 13.9. The molecule has 102 valence electrons. The molecule has 1 fully saturated rings. The van der Waals surface area contributed by atoms with E-state index >= 15 is 0 Å². The summed E-state index contributed by atoms with van der Waals surface area (Å²) in [5.74, 6) is -0.959. The standard InChI is InChI=1S/C14H17F2N3/c1-19(9-10-3-2-4-18-8-10)14-12(15)5-11(7-17)6-13(14)16/h5-6,10,18H,2-4,8-9H2,1H3. The van der Waals surface area contributed by atoms with Crippen molar-refractivity contribution in [3.63, 3.8) is 0 Å². The lowest BCUT2D eigenvalue weighted by molar-refractivity contribution is 0.379. The molecule has 1 saturated heterocycles. The zero-order valence-electron chi connectivity index (χ0n) is 10.9. The van der Waals surface area contributed by atoms with Crippen LogP contribution in [0.5, 0.6) is 0 Å². The summed E-state index contributed by atoms with van der Waals surface area (Å²) in [4.78, 5) is 1.60. The van der Waals surface area contributed by atoms with Crippen LogP contribution in [0.2, 0.25) is 0 Å². The molecule has 1 aliphatic heterocycles. The summed E-state index contributed by atoms with van der Waals surface area (Å²) in [6, 6.07) is 3.90. The number of nitrogens with one attached hydrogen (secondary N) is 1. The van der Waals surface area contributed by atoms with Crippen molar-refractivity contribution in [3.05, 3.63) is 29.3 Å². The van der Waals surface area contributed by atoms with E-state index < -0.39 is 11.6 Å². The first-order chi connectivity index (χ1) is 9.11. The lowest BCUT2D eigenvalue weighted by Crippen LogP contribution is -2.37. The maximum atomic E-state index is 13.9. The van der Waals surface area contributed by atoms with Crippen LogP contribution in [0.15, 0.2) is 12.1 Å². The number of nitriles is 1. The first kappa shape index (κ1) is 13.8. The van der Waals surface area contributed by atoms with Gasteiger partial charge in [0.25, 0.3) is 0 Å². The van der Waals surface area contributed by atoms with Crippen LogP contribution in [0.4, 0.5) is 14.5 Å². The van der Waals surface area contributed by atoms with Crippen molar-refractivity contribution in [1.29, 1.82) is 5.26 Å². The van der Waals surface area contributed by atoms with E-state index in [0.29, 0.717) is 12.5 Å². The molecule has 0 bridgehead atoms. The lowest BCUT2D eigenvalue weighted by atomic mass is 9.99. The number of piperidine rings is 1. The van der Waals surface area contributed by atoms with Gasteiger partial charge in [-0.25, -0.2) is 8.78 Å². The highest BCUT2D eigenvalue weighted by Crippen LogP contribution is 2.25. The number of hydrogen-bond acceptors (Lipinski definition) is 3. The summed E-state index contributed by atoms with van der Waals surface area (Å²) < 4.78 is 27.7. The van der Waals surface area contributed by atoms with Gasteiger partial charge in [0.2, 0.25) is 0 Å². The molecule has 0 saturated carbocycles. The quantitative estimate of drug-likeness (QED) is 0.911. The third-order valence-electron chi connectivity index (χ3n) is 3.46. The Morgan fingerprint density at radius 3 is 2.63 bits per heavy atom. The largest absolute Gasteiger partial charge is 0.370 e. The Hall–Kier alpha value is -1.67. The van der Waals surface area contributed by atoms with Crippen LogP contribution in [-0.4, -0.2) is 26.7 Å². The number of anilines is 1. The Morgan fingerprint density at radius 2 is 2.11 bits per heavy atom. The van der Waals surface area contributed by atoms with Gasteiger partial charge in [0.15, 0.2) is 11.6 Å². The van der Waals surface area contributed by atoms with Crippen LogP contribution < -0.4 is 10.2 Å². The summed E-state index contributed by atoms with van der Waals surface area (Å²) in [5.41, 5.74) is -0.0453. The summed E-state index contributed by atoms with van der Waals surface area (Å²) in [5, 5.41) is 12.0. The first-order valence-corrected chi connectivity index (χ1v) is 6.43. The molecule has 0 spiro atoms. The monoisotopic (exact) mass is 265 g/mol. The van der Waals surface area contributed by atoms with Gasteiger partial charge in [0.05, 0.1) is 11.6 Å². The van der Waals surface area contributed by atoms with Gasteiger partial charge in [-0.2, -0.15) is 5.26 Å². The van der Waals surface area contributed by atoms with Crippen molar-refractivity contribution >= 4 is 5.69 Å². The van der Waals surface area contributed by atoms with Gasteiger partial charge in [-0.05, 0) is 44.0 Å². The van der Waals surface area contributed by atoms with Gasteiger partial charge in [0.1, 0.15) is 5.69 Å². The van der Waals surface area contributed by atoms with Crippen molar-refractivity contribution < 1.29 is 8.78 Å². The van der Waals surface area contributed by atoms with Crippen molar-refractivity contribution in [2.24, 2.45) is 5.92 Å². The number of rotatable bonds is 3. The van der Waals surface area contributed by atoms with Crippen molar-refractivity contribution in [3.8, 4) is 6.07 Å². The second-order valence-corrected chi connectivity index (χ2v) is 4.99. The molecule has 1 heterocycles. The maximum Gasteiger partial charge on any atom is 0.150 e. The Bertz CT molecular complexity index is 467. The van der Waals surface area contributed by atoms with E-state index in [9.17, 15) is 8.78 Å². The van der Waals surface area contributed by atoms with Crippen LogP contribution in [0, 0.1) is 28.9 Å². The van der Waals surface area contributed by atoms with Gasteiger partial charge in [0, 0.05) is 13.6 Å². The zero-order valence-corrected chi connectivity index (χ0v) is 10.9. The topological polar surface area (TPSA) is 39.1 Å². The second kappa shape index (κ2) is 5.98. The number of hydrogen-bond donors (Lipinski definition) is 1. The molecule has 1 aromatic carbocycles. The average Bonchev–Trinajstić information content (AvgIpc) is 2.38. The molecule has 1 aliphatic rings. The van der Waals surface area contributed by atoms with Gasteiger partial charge < -0.3 is 10.2 Å². The highest BCUT2D eigenvalue weighted by atomic mass is 19.1. The molecule has 0 aromatic heterocycles. The minimum Gasteiger partial charge on any atom is -0.370 e. The molecule has 2 rings (SSSR count). The highest BCUT2D eigenvalue weighted by Gasteiger charge is 2.20. The predicted molar refractivity (Wildman–Crippen MR) is 69.9 cm³/mol. The molecule has 1 unspecified atom stereocenters. The lowest BCUT2D eigenvalue weighted by Gasteiger charge is -2.29. The molecule has 1 N–H and O–H groups in total. The fourth-order valence-electron chi connectivity index (χ4n) is 2.55. The molecule has 1 atom stereocenters. The molecular weight excluding hydrogens is 248 g/mol. The summed E-state index contributed by atoms with van der Waals surface area (Å²) >= 11 is 0. The molecule has 19 heavy (non-hydrogen) atoms. The van der Waals surface area contributed by atoms with E-state index in [4.69, 9.17) is 5.26 Å².